The molecule has 2 unspecified atom stereocenters. The monoisotopic (exact) mass is 406 g/mol. The lowest BCUT2D eigenvalue weighted by Gasteiger charge is -2.30. The summed E-state index contributed by atoms with van der Waals surface area (Å²) in [6, 6.07) is 4.08. The molecule has 0 spiro atoms. The van der Waals surface area contributed by atoms with Gasteiger partial charge >= 0.3 is 12.1 Å². The molecule has 0 saturated carbocycles. The standard InChI is InChI=1S/C20H26N2O7/c1-13(19(24)15-5-6-16-17(11-15)27-12-26-16)21(3)20(25)29-14(2)28-18(23)7-10-22-8-4-9-22/h5-6,11,13-14H,4,7-10,12H2,1-3H3. The summed E-state index contributed by atoms with van der Waals surface area (Å²) in [6.07, 6.45) is -0.397. The Bertz CT molecular complexity index is 778. The molecule has 0 N–H and O–H groups in total. The number of likely N-dealkylation sites (N-methyl/N-ethyl adjacent to an activating group) is 1. The van der Waals surface area contributed by atoms with E-state index in [1.54, 1.807) is 25.1 Å². The molecule has 158 valence electrons. The summed E-state index contributed by atoms with van der Waals surface area (Å²) in [6.45, 7) is 5.81. The zero-order valence-electron chi connectivity index (χ0n) is 16.9. The Balaban J connectivity index is 1.47. The van der Waals surface area contributed by atoms with Crippen molar-refractivity contribution in [3.8, 4) is 11.5 Å². The first-order chi connectivity index (χ1) is 13.8. The number of likely N-dealkylation sites (tertiary alicyclic amines) is 1. The SMILES string of the molecule is CC(OC(=O)CCN1CCC1)OC(=O)N(C)C(C)C(=O)c1ccc2c(c1)OCO2. The maximum absolute atomic E-state index is 12.7. The highest BCUT2D eigenvalue weighted by Gasteiger charge is 2.28. The zero-order chi connectivity index (χ0) is 21.0. The minimum absolute atomic E-state index is 0.114. The largest absolute Gasteiger partial charge is 0.454 e. The van der Waals surface area contributed by atoms with Gasteiger partial charge in [-0.15, -0.1) is 0 Å². The van der Waals surface area contributed by atoms with Gasteiger partial charge in [-0.3, -0.25) is 9.59 Å². The number of hydrogen-bond acceptors (Lipinski definition) is 8. The quantitative estimate of drug-likeness (QED) is 0.368. The Morgan fingerprint density at radius 2 is 1.86 bits per heavy atom. The molecule has 2 aliphatic rings. The number of benzene rings is 1. The fraction of sp³-hybridized carbons (Fsp3) is 0.550. The number of hydrogen-bond donors (Lipinski definition) is 0. The molecule has 1 amide bonds. The number of fused-ring (bicyclic) bond motifs is 1. The van der Waals surface area contributed by atoms with Gasteiger partial charge in [0.05, 0.1) is 12.5 Å². The maximum atomic E-state index is 12.7. The van der Waals surface area contributed by atoms with Gasteiger partial charge in [0.15, 0.2) is 17.3 Å². The van der Waals surface area contributed by atoms with E-state index in [9.17, 15) is 14.4 Å². The first-order valence-corrected chi connectivity index (χ1v) is 9.64. The number of ketones is 1. The Morgan fingerprint density at radius 1 is 1.14 bits per heavy atom. The van der Waals surface area contributed by atoms with E-state index < -0.39 is 24.4 Å². The highest BCUT2D eigenvalue weighted by Crippen LogP contribution is 2.33. The molecule has 2 heterocycles. The smallest absolute Gasteiger partial charge is 0.413 e. The number of rotatable bonds is 8. The first kappa shape index (κ1) is 20.9. The molecule has 29 heavy (non-hydrogen) atoms. The molecule has 2 aliphatic heterocycles. The van der Waals surface area contributed by atoms with Crippen molar-refractivity contribution in [2.45, 2.75) is 39.0 Å². The van der Waals surface area contributed by atoms with Gasteiger partial charge in [0, 0.05) is 26.1 Å². The van der Waals surface area contributed by atoms with Crippen molar-refractivity contribution < 1.29 is 33.3 Å². The Hall–Kier alpha value is -2.81. The highest BCUT2D eigenvalue weighted by molar-refractivity contribution is 6.01. The average Bonchev–Trinajstić information content (AvgIpc) is 3.12. The molecule has 1 aromatic carbocycles. The summed E-state index contributed by atoms with van der Waals surface area (Å²) in [5.41, 5.74) is 0.395. The van der Waals surface area contributed by atoms with Crippen LogP contribution in [-0.4, -0.2) is 73.5 Å². The molecule has 0 bridgehead atoms. The van der Waals surface area contributed by atoms with E-state index in [-0.39, 0.29) is 19.0 Å². The van der Waals surface area contributed by atoms with Gasteiger partial charge in [-0.25, -0.2) is 4.79 Å². The lowest BCUT2D eigenvalue weighted by atomic mass is 10.0. The minimum Gasteiger partial charge on any atom is -0.454 e. The van der Waals surface area contributed by atoms with E-state index in [2.05, 4.69) is 4.90 Å². The first-order valence-electron chi connectivity index (χ1n) is 9.64. The third kappa shape index (κ3) is 5.17. The predicted molar refractivity (Wildman–Crippen MR) is 102 cm³/mol. The second-order valence-corrected chi connectivity index (χ2v) is 7.11. The van der Waals surface area contributed by atoms with Crippen molar-refractivity contribution in [1.82, 2.24) is 9.80 Å². The van der Waals surface area contributed by atoms with Crippen LogP contribution in [0.25, 0.3) is 0 Å². The number of carbonyl (C=O) groups excluding carboxylic acids is 3. The van der Waals surface area contributed by atoms with Crippen LogP contribution in [0.3, 0.4) is 0 Å². The van der Waals surface area contributed by atoms with Crippen LogP contribution < -0.4 is 9.47 Å². The van der Waals surface area contributed by atoms with E-state index >= 15 is 0 Å². The lowest BCUT2D eigenvalue weighted by Crippen LogP contribution is -2.42. The molecule has 0 aromatic heterocycles. The van der Waals surface area contributed by atoms with Crippen molar-refractivity contribution in [2.24, 2.45) is 0 Å². The predicted octanol–water partition coefficient (Wildman–Crippen LogP) is 2.04. The van der Waals surface area contributed by atoms with E-state index in [0.717, 1.165) is 24.4 Å². The van der Waals surface area contributed by atoms with Crippen LogP contribution in [0.15, 0.2) is 18.2 Å². The molecule has 9 heteroatoms. The van der Waals surface area contributed by atoms with Crippen LogP contribution in [0.5, 0.6) is 11.5 Å². The van der Waals surface area contributed by atoms with Gasteiger partial charge in [-0.05, 0) is 44.6 Å². The van der Waals surface area contributed by atoms with Crippen LogP contribution in [0.2, 0.25) is 0 Å². The number of esters is 1. The molecule has 9 nitrogen and oxygen atoms in total. The van der Waals surface area contributed by atoms with E-state index in [1.165, 1.54) is 14.0 Å². The molecule has 0 radical (unpaired) electrons. The molecular weight excluding hydrogens is 380 g/mol. The van der Waals surface area contributed by atoms with Crippen LogP contribution in [0, 0.1) is 0 Å². The van der Waals surface area contributed by atoms with E-state index in [1.807, 2.05) is 0 Å². The average molecular weight is 406 g/mol. The van der Waals surface area contributed by atoms with Gasteiger partial charge in [0.25, 0.3) is 0 Å². The van der Waals surface area contributed by atoms with Crippen LogP contribution in [0.4, 0.5) is 4.79 Å². The Kier molecular flexibility index (Phi) is 6.58. The lowest BCUT2D eigenvalue weighted by molar-refractivity contribution is -0.166. The van der Waals surface area contributed by atoms with Crippen molar-refractivity contribution in [2.75, 3.05) is 33.5 Å². The third-order valence-corrected chi connectivity index (χ3v) is 5.05. The fourth-order valence-electron chi connectivity index (χ4n) is 2.97. The summed E-state index contributed by atoms with van der Waals surface area (Å²) in [4.78, 5) is 40.2. The van der Waals surface area contributed by atoms with Gasteiger partial charge < -0.3 is 28.7 Å². The summed E-state index contributed by atoms with van der Waals surface area (Å²) >= 11 is 0. The Labute approximate surface area is 169 Å². The summed E-state index contributed by atoms with van der Waals surface area (Å²) in [7, 11) is 1.45. The van der Waals surface area contributed by atoms with E-state index in [0.29, 0.717) is 23.6 Å². The molecule has 2 atom stereocenters. The molecule has 3 rings (SSSR count). The maximum Gasteiger partial charge on any atom is 0.413 e. The summed E-state index contributed by atoms with van der Waals surface area (Å²) < 4.78 is 20.8. The van der Waals surface area contributed by atoms with Gasteiger partial charge in [-0.1, -0.05) is 0 Å². The minimum atomic E-state index is -1.04. The molecule has 1 aromatic rings. The Morgan fingerprint density at radius 3 is 2.55 bits per heavy atom. The van der Waals surface area contributed by atoms with Gasteiger partial charge in [-0.2, -0.15) is 0 Å². The molecule has 1 fully saturated rings. The normalized spacial score (nSPS) is 17.1. The number of amides is 1. The molecular formula is C20H26N2O7. The number of carbonyl (C=O) groups is 3. The van der Waals surface area contributed by atoms with Crippen molar-refractivity contribution >= 4 is 17.8 Å². The zero-order valence-corrected chi connectivity index (χ0v) is 16.9. The third-order valence-electron chi connectivity index (χ3n) is 5.05. The second-order valence-electron chi connectivity index (χ2n) is 7.11. The molecule has 0 aliphatic carbocycles. The summed E-state index contributed by atoms with van der Waals surface area (Å²) in [5, 5.41) is 0. The van der Waals surface area contributed by atoms with Crippen LogP contribution in [0.1, 0.15) is 37.0 Å². The number of Topliss-reactive ketones (excluding diaryl/α,β-unsaturated/α-hetero) is 1. The van der Waals surface area contributed by atoms with Crippen molar-refractivity contribution in [1.29, 1.82) is 0 Å². The molecule has 1 saturated heterocycles. The second kappa shape index (κ2) is 9.13. The highest BCUT2D eigenvalue weighted by atomic mass is 16.7. The van der Waals surface area contributed by atoms with E-state index in [4.69, 9.17) is 18.9 Å². The summed E-state index contributed by atoms with van der Waals surface area (Å²) in [5.74, 6) is 0.366. The number of nitrogens with zero attached hydrogens (tertiary/aromatic N) is 2. The van der Waals surface area contributed by atoms with Crippen molar-refractivity contribution in [3.05, 3.63) is 23.8 Å². The van der Waals surface area contributed by atoms with Crippen molar-refractivity contribution in [3.63, 3.8) is 0 Å². The van der Waals surface area contributed by atoms with Gasteiger partial charge in [0.2, 0.25) is 13.1 Å². The van der Waals surface area contributed by atoms with Gasteiger partial charge in [0.1, 0.15) is 0 Å². The fourth-order valence-corrected chi connectivity index (χ4v) is 2.97. The van der Waals surface area contributed by atoms with Crippen LogP contribution >= 0.6 is 0 Å². The van der Waals surface area contributed by atoms with Crippen LogP contribution in [-0.2, 0) is 14.3 Å². The topological polar surface area (TPSA) is 94.6 Å². The number of ether oxygens (including phenoxy) is 4.